The second kappa shape index (κ2) is 9.55. The monoisotopic (exact) mass is 432 g/mol. The predicted octanol–water partition coefficient (Wildman–Crippen LogP) is 3.69. The molecule has 3 rings (SSSR count). The molecule has 158 valence electrons. The number of amides is 2. The Morgan fingerprint density at radius 3 is 2.57 bits per heavy atom. The lowest BCUT2D eigenvalue weighted by molar-refractivity contribution is -0.384. The molecule has 0 aliphatic carbocycles. The summed E-state index contributed by atoms with van der Waals surface area (Å²) in [5.41, 5.74) is 1.19. The summed E-state index contributed by atoms with van der Waals surface area (Å²) in [7, 11) is 0. The molecular formula is C20H21ClN4O5. The normalized spacial score (nSPS) is 13.6. The molecule has 2 aromatic carbocycles. The van der Waals surface area contributed by atoms with E-state index < -0.39 is 10.8 Å². The Kier molecular flexibility index (Phi) is 6.86. The molecule has 10 heteroatoms. The second-order valence-electron chi connectivity index (χ2n) is 6.61. The molecule has 0 unspecified atom stereocenters. The maximum absolute atomic E-state index is 12.7. The molecule has 0 atom stereocenters. The maximum atomic E-state index is 12.7. The van der Waals surface area contributed by atoms with Gasteiger partial charge in [-0.25, -0.2) is 0 Å². The summed E-state index contributed by atoms with van der Waals surface area (Å²) in [6.45, 7) is 3.78. The van der Waals surface area contributed by atoms with Gasteiger partial charge in [0.25, 0.3) is 11.6 Å². The highest BCUT2D eigenvalue weighted by atomic mass is 35.5. The van der Waals surface area contributed by atoms with Crippen LogP contribution in [-0.4, -0.2) is 43.0 Å². The Morgan fingerprint density at radius 1 is 1.17 bits per heavy atom. The van der Waals surface area contributed by atoms with Crippen LogP contribution in [0.1, 0.15) is 23.7 Å². The number of carbonyl (C=O) groups excluding carboxylic acids is 2. The predicted molar refractivity (Wildman–Crippen MR) is 114 cm³/mol. The molecule has 0 bridgehead atoms. The van der Waals surface area contributed by atoms with Gasteiger partial charge in [-0.05, 0) is 30.3 Å². The number of ether oxygens (including phenoxy) is 1. The van der Waals surface area contributed by atoms with Crippen LogP contribution in [0.25, 0.3) is 0 Å². The van der Waals surface area contributed by atoms with E-state index in [1.165, 1.54) is 18.2 Å². The summed E-state index contributed by atoms with van der Waals surface area (Å²) in [5, 5.41) is 17.2. The molecule has 0 saturated carbocycles. The van der Waals surface area contributed by atoms with Crippen molar-refractivity contribution in [2.45, 2.75) is 13.3 Å². The van der Waals surface area contributed by atoms with E-state index in [4.69, 9.17) is 16.3 Å². The first-order chi connectivity index (χ1) is 14.4. The van der Waals surface area contributed by atoms with E-state index in [-0.39, 0.29) is 27.9 Å². The van der Waals surface area contributed by atoms with E-state index in [1.54, 1.807) is 25.1 Å². The van der Waals surface area contributed by atoms with Crippen molar-refractivity contribution in [2.75, 3.05) is 41.8 Å². The van der Waals surface area contributed by atoms with Crippen LogP contribution in [-0.2, 0) is 9.53 Å². The number of carbonyl (C=O) groups is 2. The summed E-state index contributed by atoms with van der Waals surface area (Å²) >= 11 is 6.15. The fourth-order valence-electron chi connectivity index (χ4n) is 3.03. The lowest BCUT2D eigenvalue weighted by Gasteiger charge is -2.28. The molecule has 2 aromatic rings. The van der Waals surface area contributed by atoms with Gasteiger partial charge in [0.2, 0.25) is 5.91 Å². The minimum Gasteiger partial charge on any atom is -0.378 e. The van der Waals surface area contributed by atoms with Crippen molar-refractivity contribution in [2.24, 2.45) is 0 Å². The van der Waals surface area contributed by atoms with Crippen LogP contribution >= 0.6 is 11.6 Å². The number of nitrogens with one attached hydrogen (secondary N) is 2. The van der Waals surface area contributed by atoms with Crippen molar-refractivity contribution in [1.82, 2.24) is 0 Å². The Hall–Kier alpha value is -3.17. The van der Waals surface area contributed by atoms with Gasteiger partial charge in [0.15, 0.2) is 0 Å². The van der Waals surface area contributed by atoms with Crippen molar-refractivity contribution >= 4 is 46.2 Å². The fourth-order valence-corrected chi connectivity index (χ4v) is 3.19. The lowest BCUT2D eigenvalue weighted by atomic mass is 10.1. The number of nitro groups is 1. The number of morpholine rings is 1. The van der Waals surface area contributed by atoms with Crippen LogP contribution in [0.4, 0.5) is 22.7 Å². The molecule has 1 saturated heterocycles. The topological polar surface area (TPSA) is 114 Å². The van der Waals surface area contributed by atoms with Crippen molar-refractivity contribution in [3.8, 4) is 0 Å². The number of anilines is 3. The first-order valence-electron chi connectivity index (χ1n) is 9.41. The quantitative estimate of drug-likeness (QED) is 0.531. The van der Waals surface area contributed by atoms with Gasteiger partial charge >= 0.3 is 0 Å². The van der Waals surface area contributed by atoms with E-state index in [2.05, 4.69) is 10.6 Å². The molecule has 30 heavy (non-hydrogen) atoms. The van der Waals surface area contributed by atoms with Gasteiger partial charge in [-0.15, -0.1) is 0 Å². The summed E-state index contributed by atoms with van der Waals surface area (Å²) in [4.78, 5) is 37.2. The highest BCUT2D eigenvalue weighted by Gasteiger charge is 2.23. The molecule has 9 nitrogen and oxygen atoms in total. The Balaban J connectivity index is 1.83. The minimum absolute atomic E-state index is 0.123. The zero-order valence-corrected chi connectivity index (χ0v) is 17.1. The Morgan fingerprint density at radius 2 is 1.90 bits per heavy atom. The SMILES string of the molecule is CCC(=O)Nc1ccc(Cl)c(NC(=O)c2ccc(N3CCOCC3)c([N+](=O)[O-])c2)c1. The number of nitrogens with zero attached hydrogens (tertiary/aromatic N) is 2. The van der Waals surface area contributed by atoms with Gasteiger partial charge in [-0.2, -0.15) is 0 Å². The van der Waals surface area contributed by atoms with Crippen molar-refractivity contribution in [3.63, 3.8) is 0 Å². The largest absolute Gasteiger partial charge is 0.378 e. The van der Waals surface area contributed by atoms with Gasteiger partial charge in [-0.3, -0.25) is 19.7 Å². The van der Waals surface area contributed by atoms with E-state index in [0.717, 1.165) is 0 Å². The van der Waals surface area contributed by atoms with Crippen molar-refractivity contribution in [1.29, 1.82) is 0 Å². The highest BCUT2D eigenvalue weighted by Crippen LogP contribution is 2.31. The van der Waals surface area contributed by atoms with Crippen LogP contribution in [0.3, 0.4) is 0 Å². The van der Waals surface area contributed by atoms with Crippen molar-refractivity contribution < 1.29 is 19.2 Å². The molecule has 1 fully saturated rings. The Labute approximate surface area is 178 Å². The molecular weight excluding hydrogens is 412 g/mol. The average Bonchev–Trinajstić information content (AvgIpc) is 2.76. The van der Waals surface area contributed by atoms with Crippen molar-refractivity contribution in [3.05, 3.63) is 57.1 Å². The standard InChI is InChI=1S/C20H21ClN4O5/c1-2-19(26)22-14-4-5-15(21)16(12-14)23-20(27)13-3-6-17(18(11-13)25(28)29)24-7-9-30-10-8-24/h3-6,11-12H,2,7-10H2,1H3,(H,22,26)(H,23,27). The third-order valence-corrected chi connectivity index (χ3v) is 4.94. The Bertz CT molecular complexity index is 976. The molecule has 1 heterocycles. The molecule has 2 N–H and O–H groups in total. The molecule has 2 amide bonds. The molecule has 0 radical (unpaired) electrons. The smallest absolute Gasteiger partial charge is 0.293 e. The lowest BCUT2D eigenvalue weighted by Crippen LogP contribution is -2.36. The van der Waals surface area contributed by atoms with Crippen LogP contribution < -0.4 is 15.5 Å². The number of hydrogen-bond acceptors (Lipinski definition) is 6. The third kappa shape index (κ3) is 5.05. The van der Waals surface area contributed by atoms with E-state index in [1.807, 2.05) is 4.90 Å². The molecule has 0 aromatic heterocycles. The van der Waals surface area contributed by atoms with E-state index >= 15 is 0 Å². The summed E-state index contributed by atoms with van der Waals surface area (Å²) in [5.74, 6) is -0.726. The van der Waals surface area contributed by atoms with Crippen LogP contribution in [0.15, 0.2) is 36.4 Å². The zero-order valence-electron chi connectivity index (χ0n) is 16.3. The number of rotatable bonds is 6. The van der Waals surface area contributed by atoms with E-state index in [0.29, 0.717) is 44.1 Å². The summed E-state index contributed by atoms with van der Waals surface area (Å²) in [6.07, 6.45) is 0.309. The summed E-state index contributed by atoms with van der Waals surface area (Å²) < 4.78 is 5.29. The third-order valence-electron chi connectivity index (χ3n) is 4.61. The molecule has 1 aliphatic rings. The number of halogens is 1. The van der Waals surface area contributed by atoms with Crippen LogP contribution in [0.5, 0.6) is 0 Å². The average molecular weight is 433 g/mol. The first kappa shape index (κ1) is 21.5. The number of hydrogen-bond donors (Lipinski definition) is 2. The zero-order chi connectivity index (χ0) is 21.7. The molecule has 0 spiro atoms. The second-order valence-corrected chi connectivity index (χ2v) is 7.02. The van der Waals surface area contributed by atoms with Crippen LogP contribution in [0, 0.1) is 10.1 Å². The number of nitro benzene ring substituents is 1. The maximum Gasteiger partial charge on any atom is 0.293 e. The number of benzene rings is 2. The van der Waals surface area contributed by atoms with Gasteiger partial charge in [0.1, 0.15) is 5.69 Å². The van der Waals surface area contributed by atoms with E-state index in [9.17, 15) is 19.7 Å². The van der Waals surface area contributed by atoms with Gasteiger partial charge in [-0.1, -0.05) is 18.5 Å². The van der Waals surface area contributed by atoms with Gasteiger partial charge in [0.05, 0.1) is 28.8 Å². The fraction of sp³-hybridized carbons (Fsp3) is 0.300. The van der Waals surface area contributed by atoms with Gasteiger partial charge in [0, 0.05) is 36.8 Å². The van der Waals surface area contributed by atoms with Crippen LogP contribution in [0.2, 0.25) is 5.02 Å². The highest BCUT2D eigenvalue weighted by molar-refractivity contribution is 6.34. The first-order valence-corrected chi connectivity index (χ1v) is 9.78. The minimum atomic E-state index is -0.549. The van der Waals surface area contributed by atoms with Gasteiger partial charge < -0.3 is 20.3 Å². The summed E-state index contributed by atoms with van der Waals surface area (Å²) in [6, 6.07) is 9.04. The molecule has 1 aliphatic heterocycles.